The quantitative estimate of drug-likeness (QED) is 0.401. The summed E-state index contributed by atoms with van der Waals surface area (Å²) in [6.07, 6.45) is 4.09. The Hall–Kier alpha value is -4.39. The molecule has 34 heavy (non-hydrogen) atoms. The van der Waals surface area contributed by atoms with E-state index < -0.39 is 0 Å². The van der Waals surface area contributed by atoms with E-state index in [0.29, 0.717) is 18.5 Å². The highest BCUT2D eigenvalue weighted by Crippen LogP contribution is 2.23. The third-order valence-corrected chi connectivity index (χ3v) is 5.94. The van der Waals surface area contributed by atoms with E-state index >= 15 is 0 Å². The number of hydrogen-bond donors (Lipinski definition) is 1. The first kappa shape index (κ1) is 21.5. The van der Waals surface area contributed by atoms with Crippen LogP contribution in [-0.2, 0) is 20.0 Å². The predicted octanol–water partition coefficient (Wildman–Crippen LogP) is 4.29. The molecule has 5 aromatic rings. The number of amides is 1. The first-order valence-corrected chi connectivity index (χ1v) is 11.1. The van der Waals surface area contributed by atoms with Gasteiger partial charge in [-0.1, -0.05) is 42.5 Å². The maximum Gasteiger partial charge on any atom is 0.255 e. The van der Waals surface area contributed by atoms with Crippen molar-refractivity contribution < 1.29 is 9.53 Å². The first-order chi connectivity index (χ1) is 16.6. The summed E-state index contributed by atoms with van der Waals surface area (Å²) in [6, 6.07) is 24.0. The zero-order valence-corrected chi connectivity index (χ0v) is 19.1. The van der Waals surface area contributed by atoms with Crippen molar-refractivity contribution in [2.75, 3.05) is 7.11 Å². The average molecular weight is 452 g/mol. The molecule has 0 atom stereocenters. The monoisotopic (exact) mass is 451 g/mol. The normalized spacial score (nSPS) is 11.0. The van der Waals surface area contributed by atoms with E-state index in [9.17, 15) is 4.79 Å². The van der Waals surface area contributed by atoms with Gasteiger partial charge < -0.3 is 10.1 Å². The van der Waals surface area contributed by atoms with Crippen LogP contribution in [-0.4, -0.2) is 32.3 Å². The van der Waals surface area contributed by atoms with Crippen LogP contribution in [0.1, 0.15) is 27.2 Å². The molecule has 1 N–H and O–H groups in total. The van der Waals surface area contributed by atoms with Crippen molar-refractivity contribution in [3.63, 3.8) is 0 Å². The molecule has 2 heterocycles. The highest BCUT2D eigenvalue weighted by atomic mass is 16.5. The molecule has 2 aromatic heterocycles. The second-order valence-electron chi connectivity index (χ2n) is 8.11. The number of carbonyl (C=O) groups excluding carboxylic acids is 1. The van der Waals surface area contributed by atoms with Crippen LogP contribution >= 0.6 is 0 Å². The Kier molecular flexibility index (Phi) is 5.82. The number of rotatable bonds is 7. The Morgan fingerprint density at radius 3 is 2.56 bits per heavy atom. The molecule has 3 aromatic carbocycles. The summed E-state index contributed by atoms with van der Waals surface area (Å²) in [5.74, 6) is 0.659. The maximum atomic E-state index is 12.9. The van der Waals surface area contributed by atoms with Crippen LogP contribution in [0.5, 0.6) is 5.75 Å². The van der Waals surface area contributed by atoms with Gasteiger partial charge in [-0.3, -0.25) is 14.0 Å². The minimum Gasteiger partial charge on any atom is -0.497 e. The fourth-order valence-corrected chi connectivity index (χ4v) is 4.02. The molecule has 0 bridgehead atoms. The van der Waals surface area contributed by atoms with Gasteiger partial charge in [0.15, 0.2) is 0 Å². The number of nitrogens with zero attached hydrogens (tertiary/aromatic N) is 4. The van der Waals surface area contributed by atoms with Crippen molar-refractivity contribution in [2.24, 2.45) is 7.05 Å². The lowest BCUT2D eigenvalue weighted by Crippen LogP contribution is -2.24. The van der Waals surface area contributed by atoms with Crippen molar-refractivity contribution in [2.45, 2.75) is 13.0 Å². The molecule has 1 amide bonds. The molecule has 0 unspecified atom stereocenters. The standard InChI is InChI=1S/C27H25N5O2/c1-31-25(14-19-6-4-3-5-7-19)23(17-30-31)27(33)28-16-20-8-10-21(11-9-20)32-18-29-24-13-12-22(34-2)15-26(24)32/h3-13,15,17-18H,14,16H2,1-2H3,(H,28,33). The van der Waals surface area contributed by atoms with Crippen LogP contribution in [0.3, 0.4) is 0 Å². The minimum absolute atomic E-state index is 0.129. The Morgan fingerprint density at radius 1 is 1.00 bits per heavy atom. The predicted molar refractivity (Wildman–Crippen MR) is 131 cm³/mol. The molecule has 0 aliphatic rings. The molecular formula is C27H25N5O2. The van der Waals surface area contributed by atoms with E-state index in [4.69, 9.17) is 4.74 Å². The number of aryl methyl sites for hydroxylation is 1. The largest absolute Gasteiger partial charge is 0.497 e. The zero-order chi connectivity index (χ0) is 23.5. The van der Waals surface area contributed by atoms with E-state index in [0.717, 1.165) is 39.3 Å². The number of ether oxygens (including phenoxy) is 1. The minimum atomic E-state index is -0.129. The topological polar surface area (TPSA) is 74.0 Å². The summed E-state index contributed by atoms with van der Waals surface area (Å²) in [7, 11) is 3.52. The van der Waals surface area contributed by atoms with Gasteiger partial charge in [0.25, 0.3) is 5.91 Å². The molecule has 5 rings (SSSR count). The number of nitrogens with one attached hydrogen (secondary N) is 1. The van der Waals surface area contributed by atoms with E-state index in [1.807, 2.05) is 72.3 Å². The van der Waals surface area contributed by atoms with Gasteiger partial charge in [0.1, 0.15) is 12.1 Å². The molecule has 170 valence electrons. The smallest absolute Gasteiger partial charge is 0.255 e. The zero-order valence-electron chi connectivity index (χ0n) is 19.1. The third-order valence-electron chi connectivity index (χ3n) is 5.94. The molecule has 0 aliphatic carbocycles. The molecule has 0 saturated heterocycles. The van der Waals surface area contributed by atoms with Crippen molar-refractivity contribution in [3.8, 4) is 11.4 Å². The first-order valence-electron chi connectivity index (χ1n) is 11.1. The lowest BCUT2D eigenvalue weighted by Gasteiger charge is -2.09. The number of methoxy groups -OCH3 is 1. The SMILES string of the molecule is COc1ccc2ncn(-c3ccc(CNC(=O)c4cnn(C)c4Cc4ccccc4)cc3)c2c1. The van der Waals surface area contributed by atoms with E-state index in [-0.39, 0.29) is 5.91 Å². The molecule has 0 aliphatic heterocycles. The van der Waals surface area contributed by atoms with Gasteiger partial charge in [-0.25, -0.2) is 4.98 Å². The summed E-state index contributed by atoms with van der Waals surface area (Å²) < 4.78 is 9.13. The van der Waals surface area contributed by atoms with Gasteiger partial charge >= 0.3 is 0 Å². The maximum absolute atomic E-state index is 12.9. The number of aromatic nitrogens is 4. The van der Waals surface area contributed by atoms with Crippen molar-refractivity contribution in [1.29, 1.82) is 0 Å². The van der Waals surface area contributed by atoms with Gasteiger partial charge in [0.2, 0.25) is 0 Å². The van der Waals surface area contributed by atoms with Gasteiger partial charge in [-0.15, -0.1) is 0 Å². The molecule has 0 saturated carbocycles. The van der Waals surface area contributed by atoms with Crippen LogP contribution in [0.4, 0.5) is 0 Å². The van der Waals surface area contributed by atoms with Crippen LogP contribution in [0.25, 0.3) is 16.7 Å². The summed E-state index contributed by atoms with van der Waals surface area (Å²) in [5.41, 5.74) is 6.50. The van der Waals surface area contributed by atoms with Crippen molar-refractivity contribution >= 4 is 16.9 Å². The van der Waals surface area contributed by atoms with Crippen LogP contribution < -0.4 is 10.1 Å². The summed E-state index contributed by atoms with van der Waals surface area (Å²) in [4.78, 5) is 17.4. The lowest BCUT2D eigenvalue weighted by molar-refractivity contribution is 0.0950. The summed E-state index contributed by atoms with van der Waals surface area (Å²) in [5, 5.41) is 7.33. The lowest BCUT2D eigenvalue weighted by atomic mass is 10.1. The summed E-state index contributed by atoms with van der Waals surface area (Å²) in [6.45, 7) is 0.428. The van der Waals surface area contributed by atoms with E-state index in [1.165, 1.54) is 0 Å². The molecular weight excluding hydrogens is 426 g/mol. The number of carbonyl (C=O) groups is 1. The Balaban J connectivity index is 1.28. The van der Waals surface area contributed by atoms with Crippen LogP contribution in [0.2, 0.25) is 0 Å². The van der Waals surface area contributed by atoms with Crippen LogP contribution in [0, 0.1) is 0 Å². The second kappa shape index (κ2) is 9.23. The molecule has 0 spiro atoms. The Morgan fingerprint density at radius 2 is 1.79 bits per heavy atom. The van der Waals surface area contributed by atoms with E-state index in [2.05, 4.69) is 27.5 Å². The Bertz CT molecular complexity index is 1440. The van der Waals surface area contributed by atoms with Gasteiger partial charge in [-0.2, -0.15) is 5.10 Å². The molecule has 7 nitrogen and oxygen atoms in total. The third kappa shape index (κ3) is 4.28. The molecule has 0 fully saturated rings. The highest BCUT2D eigenvalue weighted by molar-refractivity contribution is 5.95. The van der Waals surface area contributed by atoms with Gasteiger partial charge in [0.05, 0.1) is 35.6 Å². The number of hydrogen-bond acceptors (Lipinski definition) is 4. The van der Waals surface area contributed by atoms with E-state index in [1.54, 1.807) is 24.3 Å². The summed E-state index contributed by atoms with van der Waals surface area (Å²) >= 11 is 0. The number of fused-ring (bicyclic) bond motifs is 1. The fraction of sp³-hybridized carbons (Fsp3) is 0.148. The van der Waals surface area contributed by atoms with Crippen molar-refractivity contribution in [3.05, 3.63) is 108 Å². The fourth-order valence-electron chi connectivity index (χ4n) is 4.02. The number of benzene rings is 3. The van der Waals surface area contributed by atoms with Crippen LogP contribution in [0.15, 0.2) is 85.3 Å². The number of imidazole rings is 1. The molecule has 7 heteroatoms. The second-order valence-corrected chi connectivity index (χ2v) is 8.11. The van der Waals surface area contributed by atoms with Crippen molar-refractivity contribution in [1.82, 2.24) is 24.6 Å². The molecule has 0 radical (unpaired) electrons. The average Bonchev–Trinajstić information content (AvgIpc) is 3.46. The van der Waals surface area contributed by atoms with Gasteiger partial charge in [0, 0.05) is 31.8 Å². The van der Waals surface area contributed by atoms with Gasteiger partial charge in [-0.05, 0) is 35.4 Å². The Labute approximate surface area is 197 Å². The highest BCUT2D eigenvalue weighted by Gasteiger charge is 2.16.